The molecule has 130 valence electrons. The summed E-state index contributed by atoms with van der Waals surface area (Å²) in [5, 5.41) is 7.53. The first-order valence-corrected chi connectivity index (χ1v) is 8.14. The number of halogens is 3. The molecule has 25 heavy (non-hydrogen) atoms. The Balaban J connectivity index is 1.87. The fourth-order valence-electron chi connectivity index (χ4n) is 3.11. The van der Waals surface area contributed by atoms with Crippen LogP contribution in [0.15, 0.2) is 36.4 Å². The van der Waals surface area contributed by atoms with E-state index in [-0.39, 0.29) is 28.6 Å². The summed E-state index contributed by atoms with van der Waals surface area (Å²) in [6.07, 6.45) is 1.41. The molecule has 3 aromatic rings. The van der Waals surface area contributed by atoms with E-state index in [4.69, 9.17) is 4.74 Å². The van der Waals surface area contributed by atoms with Gasteiger partial charge in [0.05, 0.1) is 10.9 Å². The standard InChI is InChI=1S/C18H16F3N3O/c19-12-3-2-6-15-16(12)18(25-11-7-9-22-10-8-11)23-24(15)17-13(20)4-1-5-14(17)21/h1-6,11,22H,7-10H2. The van der Waals surface area contributed by atoms with Gasteiger partial charge < -0.3 is 10.1 Å². The molecule has 1 aliphatic rings. The van der Waals surface area contributed by atoms with Crippen LogP contribution >= 0.6 is 0 Å². The highest BCUT2D eigenvalue weighted by atomic mass is 19.1. The number of benzene rings is 2. The molecule has 1 N–H and O–H groups in total. The van der Waals surface area contributed by atoms with Crippen LogP contribution in [0, 0.1) is 17.5 Å². The Kier molecular flexibility index (Phi) is 4.09. The van der Waals surface area contributed by atoms with Crippen molar-refractivity contribution in [2.45, 2.75) is 18.9 Å². The average molecular weight is 347 g/mol. The third-order valence-corrected chi connectivity index (χ3v) is 4.34. The molecule has 0 saturated carbocycles. The summed E-state index contributed by atoms with van der Waals surface area (Å²) in [7, 11) is 0. The SMILES string of the molecule is Fc1cccc(F)c1-n1nc(OC2CCNCC2)c2c(F)cccc21. The fraction of sp³-hybridized carbons (Fsp3) is 0.278. The van der Waals surface area contributed by atoms with Crippen molar-refractivity contribution in [3.63, 3.8) is 0 Å². The molecule has 0 spiro atoms. The van der Waals surface area contributed by atoms with Crippen molar-refractivity contribution in [1.82, 2.24) is 15.1 Å². The number of aromatic nitrogens is 2. The van der Waals surface area contributed by atoms with Crippen LogP contribution in [0.25, 0.3) is 16.6 Å². The van der Waals surface area contributed by atoms with Crippen LogP contribution in [-0.4, -0.2) is 29.0 Å². The Bertz CT molecular complexity index is 899. The molecule has 4 rings (SSSR count). The van der Waals surface area contributed by atoms with E-state index in [1.807, 2.05) is 0 Å². The summed E-state index contributed by atoms with van der Waals surface area (Å²) in [5.74, 6) is -2.03. The number of hydrogen-bond acceptors (Lipinski definition) is 3. The van der Waals surface area contributed by atoms with E-state index in [9.17, 15) is 13.2 Å². The van der Waals surface area contributed by atoms with Gasteiger partial charge in [-0.25, -0.2) is 17.9 Å². The van der Waals surface area contributed by atoms with Crippen LogP contribution in [0.5, 0.6) is 5.88 Å². The number of nitrogens with one attached hydrogen (secondary N) is 1. The van der Waals surface area contributed by atoms with E-state index < -0.39 is 17.5 Å². The van der Waals surface area contributed by atoms with Gasteiger partial charge >= 0.3 is 0 Å². The maximum absolute atomic E-state index is 14.4. The number of hydrogen-bond donors (Lipinski definition) is 1. The molecule has 1 saturated heterocycles. The van der Waals surface area contributed by atoms with Gasteiger partial charge in [0.2, 0.25) is 5.88 Å². The molecular formula is C18H16F3N3O. The molecule has 2 heterocycles. The van der Waals surface area contributed by atoms with Gasteiger partial charge in [-0.2, -0.15) is 0 Å². The van der Waals surface area contributed by atoms with Crippen LogP contribution in [-0.2, 0) is 0 Å². The van der Waals surface area contributed by atoms with Crippen LogP contribution in [0.3, 0.4) is 0 Å². The van der Waals surface area contributed by atoms with E-state index in [1.165, 1.54) is 18.2 Å². The Hall–Kier alpha value is -2.54. The highest BCUT2D eigenvalue weighted by Gasteiger charge is 2.23. The molecule has 1 aliphatic heterocycles. The second-order valence-electron chi connectivity index (χ2n) is 5.99. The van der Waals surface area contributed by atoms with Crippen molar-refractivity contribution in [3.8, 4) is 11.6 Å². The van der Waals surface area contributed by atoms with Crippen molar-refractivity contribution < 1.29 is 17.9 Å². The summed E-state index contributed by atoms with van der Waals surface area (Å²) < 4.78 is 49.7. The first kappa shape index (κ1) is 16.0. The van der Waals surface area contributed by atoms with Crippen LogP contribution < -0.4 is 10.1 Å². The zero-order valence-corrected chi connectivity index (χ0v) is 13.3. The molecule has 0 amide bonds. The molecule has 0 unspecified atom stereocenters. The molecule has 4 nitrogen and oxygen atoms in total. The number of nitrogens with zero attached hydrogens (tertiary/aromatic N) is 2. The maximum Gasteiger partial charge on any atom is 0.244 e. The minimum Gasteiger partial charge on any atom is -0.473 e. The van der Waals surface area contributed by atoms with Crippen LogP contribution in [0.1, 0.15) is 12.8 Å². The van der Waals surface area contributed by atoms with Gasteiger partial charge in [-0.1, -0.05) is 12.1 Å². The van der Waals surface area contributed by atoms with Crippen molar-refractivity contribution >= 4 is 10.9 Å². The second-order valence-corrected chi connectivity index (χ2v) is 5.99. The van der Waals surface area contributed by atoms with Gasteiger partial charge in [0, 0.05) is 0 Å². The molecule has 7 heteroatoms. The monoisotopic (exact) mass is 347 g/mol. The highest BCUT2D eigenvalue weighted by Crippen LogP contribution is 2.32. The number of rotatable bonds is 3. The number of ether oxygens (including phenoxy) is 1. The van der Waals surface area contributed by atoms with Gasteiger partial charge in [-0.15, -0.1) is 5.10 Å². The van der Waals surface area contributed by atoms with Crippen LogP contribution in [0.4, 0.5) is 13.2 Å². The van der Waals surface area contributed by atoms with E-state index in [0.29, 0.717) is 0 Å². The van der Waals surface area contributed by atoms with E-state index in [0.717, 1.165) is 42.7 Å². The lowest BCUT2D eigenvalue weighted by Crippen LogP contribution is -2.34. The first-order chi connectivity index (χ1) is 12.1. The first-order valence-electron chi connectivity index (χ1n) is 8.14. The molecular weight excluding hydrogens is 331 g/mol. The molecule has 2 aromatic carbocycles. The number of piperidine rings is 1. The summed E-state index contributed by atoms with van der Waals surface area (Å²) in [6, 6.07) is 7.86. The zero-order chi connectivity index (χ0) is 17.4. The number of para-hydroxylation sites is 1. The van der Waals surface area contributed by atoms with Gasteiger partial charge in [-0.3, -0.25) is 0 Å². The minimum atomic E-state index is -0.776. The van der Waals surface area contributed by atoms with E-state index in [1.54, 1.807) is 6.07 Å². The Labute approximate surface area is 142 Å². The summed E-state index contributed by atoms with van der Waals surface area (Å²) in [4.78, 5) is 0. The van der Waals surface area contributed by atoms with Gasteiger partial charge in [-0.05, 0) is 50.2 Å². The topological polar surface area (TPSA) is 39.1 Å². The largest absolute Gasteiger partial charge is 0.473 e. The van der Waals surface area contributed by atoms with Crippen molar-refractivity contribution in [3.05, 3.63) is 53.8 Å². The van der Waals surface area contributed by atoms with E-state index in [2.05, 4.69) is 10.4 Å². The second kappa shape index (κ2) is 6.40. The van der Waals surface area contributed by atoms with Gasteiger partial charge in [0.25, 0.3) is 0 Å². The highest BCUT2D eigenvalue weighted by molar-refractivity contribution is 5.86. The smallest absolute Gasteiger partial charge is 0.244 e. The van der Waals surface area contributed by atoms with Crippen molar-refractivity contribution in [1.29, 1.82) is 0 Å². The molecule has 0 aliphatic carbocycles. The molecule has 0 bridgehead atoms. The molecule has 0 atom stereocenters. The quantitative estimate of drug-likeness (QED) is 0.787. The Morgan fingerprint density at radius 3 is 2.32 bits per heavy atom. The predicted octanol–water partition coefficient (Wildman–Crippen LogP) is 3.57. The minimum absolute atomic E-state index is 0.0580. The summed E-state index contributed by atoms with van der Waals surface area (Å²) in [5.41, 5.74) is -0.0915. The fourth-order valence-corrected chi connectivity index (χ4v) is 3.11. The predicted molar refractivity (Wildman–Crippen MR) is 87.5 cm³/mol. The average Bonchev–Trinajstić information content (AvgIpc) is 2.95. The van der Waals surface area contributed by atoms with Crippen molar-refractivity contribution in [2.75, 3.05) is 13.1 Å². The van der Waals surface area contributed by atoms with Crippen LogP contribution in [0.2, 0.25) is 0 Å². The maximum atomic E-state index is 14.4. The van der Waals surface area contributed by atoms with Gasteiger partial charge in [0.15, 0.2) is 11.6 Å². The third-order valence-electron chi connectivity index (χ3n) is 4.34. The van der Waals surface area contributed by atoms with Crippen molar-refractivity contribution in [2.24, 2.45) is 0 Å². The number of fused-ring (bicyclic) bond motifs is 1. The normalized spacial score (nSPS) is 15.6. The lowest BCUT2D eigenvalue weighted by molar-refractivity contribution is 0.157. The third kappa shape index (κ3) is 2.84. The molecule has 0 radical (unpaired) electrons. The lowest BCUT2D eigenvalue weighted by Gasteiger charge is -2.22. The Morgan fingerprint density at radius 1 is 0.960 bits per heavy atom. The molecule has 1 fully saturated rings. The summed E-state index contributed by atoms with van der Waals surface area (Å²) >= 11 is 0. The van der Waals surface area contributed by atoms with Gasteiger partial charge in [0.1, 0.15) is 17.6 Å². The zero-order valence-electron chi connectivity index (χ0n) is 13.3. The molecule has 1 aromatic heterocycles. The Morgan fingerprint density at radius 2 is 1.60 bits per heavy atom. The summed E-state index contributed by atoms with van der Waals surface area (Å²) in [6.45, 7) is 1.60. The lowest BCUT2D eigenvalue weighted by atomic mass is 10.1. The van der Waals surface area contributed by atoms with E-state index >= 15 is 0 Å².